The number of nitrogens with zero attached hydrogens (tertiary/aromatic N) is 2. The summed E-state index contributed by atoms with van der Waals surface area (Å²) in [7, 11) is 0. The number of carbonyl (C=O) groups is 1. The molecule has 0 aliphatic heterocycles. The van der Waals surface area contributed by atoms with E-state index in [1.807, 2.05) is 24.3 Å². The number of hydrogen-bond acceptors (Lipinski definition) is 4. The second-order valence-corrected chi connectivity index (χ2v) is 3.86. The van der Waals surface area contributed by atoms with Gasteiger partial charge in [0.2, 0.25) is 11.9 Å². The molecule has 0 saturated heterocycles. The molecule has 1 amide bonds. The second kappa shape index (κ2) is 5.77. The first-order chi connectivity index (χ1) is 8.74. The fourth-order valence-corrected chi connectivity index (χ4v) is 1.56. The fraction of sp³-hybridized carbons (Fsp3) is 0.154. The van der Waals surface area contributed by atoms with Crippen molar-refractivity contribution in [2.45, 2.75) is 12.8 Å². The third kappa shape index (κ3) is 3.55. The Morgan fingerprint density at radius 1 is 1.22 bits per heavy atom. The lowest BCUT2D eigenvalue weighted by Gasteiger charge is -2.06. The van der Waals surface area contributed by atoms with Gasteiger partial charge >= 0.3 is 0 Å². The maximum Gasteiger partial charge on any atom is 0.227 e. The molecule has 0 aliphatic carbocycles. The standard InChI is InChI=1S/C13H14N4O/c14-12(18)6-5-10-3-1-4-11(9-10)17-13-15-7-2-8-16-13/h1-4,7-9H,5-6H2,(H2,14,18)(H,15,16,17). The molecular formula is C13H14N4O. The van der Waals surface area contributed by atoms with Crippen molar-refractivity contribution in [3.63, 3.8) is 0 Å². The number of nitrogens with two attached hydrogens (primary N) is 1. The minimum Gasteiger partial charge on any atom is -0.370 e. The summed E-state index contributed by atoms with van der Waals surface area (Å²) >= 11 is 0. The van der Waals surface area contributed by atoms with Crippen LogP contribution in [0, 0.1) is 0 Å². The number of benzene rings is 1. The molecule has 2 aromatic rings. The van der Waals surface area contributed by atoms with Crippen molar-refractivity contribution in [3.05, 3.63) is 48.3 Å². The smallest absolute Gasteiger partial charge is 0.227 e. The molecule has 0 radical (unpaired) electrons. The van der Waals surface area contributed by atoms with Crippen molar-refractivity contribution in [2.24, 2.45) is 5.73 Å². The number of aromatic nitrogens is 2. The number of aryl methyl sites for hydroxylation is 1. The number of anilines is 2. The first kappa shape index (κ1) is 12.0. The molecule has 18 heavy (non-hydrogen) atoms. The predicted octanol–water partition coefficient (Wildman–Crippen LogP) is 1.64. The van der Waals surface area contributed by atoms with Crippen LogP contribution in [-0.4, -0.2) is 15.9 Å². The van der Waals surface area contributed by atoms with Crippen molar-refractivity contribution < 1.29 is 4.79 Å². The van der Waals surface area contributed by atoms with E-state index < -0.39 is 0 Å². The molecule has 0 fully saturated rings. The Labute approximate surface area is 105 Å². The molecule has 0 unspecified atom stereocenters. The van der Waals surface area contributed by atoms with Crippen LogP contribution in [0.3, 0.4) is 0 Å². The summed E-state index contributed by atoms with van der Waals surface area (Å²) in [4.78, 5) is 18.9. The van der Waals surface area contributed by atoms with Crippen LogP contribution in [-0.2, 0) is 11.2 Å². The van der Waals surface area contributed by atoms with Gasteiger partial charge < -0.3 is 11.1 Å². The number of nitrogens with one attached hydrogen (secondary N) is 1. The van der Waals surface area contributed by atoms with Gasteiger partial charge in [-0.05, 0) is 30.2 Å². The Hall–Kier alpha value is -2.43. The van der Waals surface area contributed by atoms with Crippen LogP contribution < -0.4 is 11.1 Å². The molecule has 0 spiro atoms. The summed E-state index contributed by atoms with van der Waals surface area (Å²) in [5.41, 5.74) is 7.07. The monoisotopic (exact) mass is 242 g/mol. The summed E-state index contributed by atoms with van der Waals surface area (Å²) in [6, 6.07) is 9.51. The van der Waals surface area contributed by atoms with Gasteiger partial charge in [-0.3, -0.25) is 4.79 Å². The molecule has 0 saturated carbocycles. The number of primary amides is 1. The Bertz CT molecular complexity index is 528. The average molecular weight is 242 g/mol. The zero-order chi connectivity index (χ0) is 12.8. The van der Waals surface area contributed by atoms with Gasteiger partial charge in [0.1, 0.15) is 0 Å². The number of hydrogen-bond donors (Lipinski definition) is 2. The van der Waals surface area contributed by atoms with Gasteiger partial charge in [0.25, 0.3) is 0 Å². The largest absolute Gasteiger partial charge is 0.370 e. The Morgan fingerprint density at radius 2 is 2.00 bits per heavy atom. The van der Waals surface area contributed by atoms with Gasteiger partial charge in [-0.15, -0.1) is 0 Å². The van der Waals surface area contributed by atoms with E-state index in [4.69, 9.17) is 5.73 Å². The first-order valence-electron chi connectivity index (χ1n) is 5.65. The van der Waals surface area contributed by atoms with E-state index in [0.717, 1.165) is 11.3 Å². The highest BCUT2D eigenvalue weighted by molar-refractivity contribution is 5.74. The summed E-state index contributed by atoms with van der Waals surface area (Å²) in [6.45, 7) is 0. The average Bonchev–Trinajstić information content (AvgIpc) is 2.38. The molecular weight excluding hydrogens is 228 g/mol. The van der Waals surface area contributed by atoms with E-state index in [2.05, 4.69) is 15.3 Å². The lowest BCUT2D eigenvalue weighted by atomic mass is 10.1. The molecule has 92 valence electrons. The second-order valence-electron chi connectivity index (χ2n) is 3.86. The zero-order valence-corrected chi connectivity index (χ0v) is 9.84. The topological polar surface area (TPSA) is 80.9 Å². The van der Waals surface area contributed by atoms with E-state index in [1.165, 1.54) is 0 Å². The van der Waals surface area contributed by atoms with Gasteiger partial charge in [-0.1, -0.05) is 12.1 Å². The molecule has 0 atom stereocenters. The van der Waals surface area contributed by atoms with Crippen molar-refractivity contribution >= 4 is 17.5 Å². The molecule has 1 aromatic carbocycles. The maximum atomic E-state index is 10.7. The lowest BCUT2D eigenvalue weighted by molar-refractivity contribution is -0.117. The summed E-state index contributed by atoms with van der Waals surface area (Å²) < 4.78 is 0. The highest BCUT2D eigenvalue weighted by atomic mass is 16.1. The van der Waals surface area contributed by atoms with Gasteiger partial charge in [0.05, 0.1) is 0 Å². The van der Waals surface area contributed by atoms with E-state index >= 15 is 0 Å². The molecule has 2 rings (SSSR count). The van der Waals surface area contributed by atoms with Gasteiger partial charge in [0, 0.05) is 24.5 Å². The SMILES string of the molecule is NC(=O)CCc1cccc(Nc2ncccn2)c1. The Morgan fingerprint density at radius 3 is 2.72 bits per heavy atom. The first-order valence-corrected chi connectivity index (χ1v) is 5.65. The third-order valence-electron chi connectivity index (χ3n) is 2.41. The molecule has 1 aromatic heterocycles. The van der Waals surface area contributed by atoms with Crippen LogP contribution in [0.2, 0.25) is 0 Å². The van der Waals surface area contributed by atoms with Crippen LogP contribution >= 0.6 is 0 Å². The van der Waals surface area contributed by atoms with Crippen molar-refractivity contribution in [3.8, 4) is 0 Å². The van der Waals surface area contributed by atoms with Gasteiger partial charge in [-0.25, -0.2) is 9.97 Å². The minimum absolute atomic E-state index is 0.292. The predicted molar refractivity (Wildman–Crippen MR) is 69.3 cm³/mol. The normalized spacial score (nSPS) is 10.0. The van der Waals surface area contributed by atoms with Crippen LogP contribution in [0.1, 0.15) is 12.0 Å². The third-order valence-corrected chi connectivity index (χ3v) is 2.41. The molecule has 5 heteroatoms. The quantitative estimate of drug-likeness (QED) is 0.835. The highest BCUT2D eigenvalue weighted by Crippen LogP contribution is 2.15. The molecule has 0 aliphatic rings. The lowest BCUT2D eigenvalue weighted by Crippen LogP contribution is -2.11. The van der Waals surface area contributed by atoms with E-state index in [1.54, 1.807) is 18.5 Å². The van der Waals surface area contributed by atoms with Crippen molar-refractivity contribution in [2.75, 3.05) is 5.32 Å². The number of amides is 1. The fourth-order valence-electron chi connectivity index (χ4n) is 1.56. The van der Waals surface area contributed by atoms with Crippen molar-refractivity contribution in [1.82, 2.24) is 9.97 Å². The zero-order valence-electron chi connectivity index (χ0n) is 9.84. The number of rotatable bonds is 5. The summed E-state index contributed by atoms with van der Waals surface area (Å²) in [6.07, 6.45) is 4.34. The van der Waals surface area contributed by atoms with Crippen LogP contribution in [0.25, 0.3) is 0 Å². The van der Waals surface area contributed by atoms with Crippen LogP contribution in [0.4, 0.5) is 11.6 Å². The Kier molecular flexibility index (Phi) is 3.86. The van der Waals surface area contributed by atoms with E-state index in [9.17, 15) is 4.79 Å². The van der Waals surface area contributed by atoms with Gasteiger partial charge in [-0.2, -0.15) is 0 Å². The minimum atomic E-state index is -0.292. The molecule has 0 bridgehead atoms. The summed E-state index contributed by atoms with van der Waals surface area (Å²) in [5.74, 6) is 0.254. The highest BCUT2D eigenvalue weighted by Gasteiger charge is 2.00. The van der Waals surface area contributed by atoms with Crippen LogP contribution in [0.15, 0.2) is 42.7 Å². The number of carbonyl (C=O) groups excluding carboxylic acids is 1. The van der Waals surface area contributed by atoms with Crippen LogP contribution in [0.5, 0.6) is 0 Å². The Balaban J connectivity index is 2.05. The van der Waals surface area contributed by atoms with Gasteiger partial charge in [0.15, 0.2) is 0 Å². The summed E-state index contributed by atoms with van der Waals surface area (Å²) in [5, 5.41) is 3.09. The molecule has 5 nitrogen and oxygen atoms in total. The maximum absolute atomic E-state index is 10.7. The van der Waals surface area contributed by atoms with E-state index in [-0.39, 0.29) is 5.91 Å². The van der Waals surface area contributed by atoms with E-state index in [0.29, 0.717) is 18.8 Å². The molecule has 3 N–H and O–H groups in total. The van der Waals surface area contributed by atoms with Crippen molar-refractivity contribution in [1.29, 1.82) is 0 Å². The molecule has 1 heterocycles.